The van der Waals surface area contributed by atoms with Gasteiger partial charge in [0.25, 0.3) is 5.91 Å². The number of amides is 2. The minimum absolute atomic E-state index is 0.0973. The van der Waals surface area contributed by atoms with Crippen molar-refractivity contribution in [2.24, 2.45) is 0 Å². The molecule has 2 amide bonds. The smallest absolute Gasteiger partial charge is 0.261 e. The Morgan fingerprint density at radius 3 is 2.34 bits per heavy atom. The molecule has 0 saturated carbocycles. The summed E-state index contributed by atoms with van der Waals surface area (Å²) in [4.78, 5) is 27.6. The van der Waals surface area contributed by atoms with Crippen molar-refractivity contribution in [1.29, 1.82) is 0 Å². The van der Waals surface area contributed by atoms with Gasteiger partial charge >= 0.3 is 0 Å². The minimum atomic E-state index is -0.678. The van der Waals surface area contributed by atoms with Crippen LogP contribution in [0.3, 0.4) is 0 Å². The molecule has 0 aromatic heterocycles. The van der Waals surface area contributed by atoms with Crippen molar-refractivity contribution in [2.75, 3.05) is 13.2 Å². The van der Waals surface area contributed by atoms with Crippen molar-refractivity contribution in [2.45, 2.75) is 52.6 Å². The van der Waals surface area contributed by atoms with Crippen LogP contribution in [0.15, 0.2) is 36.4 Å². The first kappa shape index (κ1) is 26.3. The van der Waals surface area contributed by atoms with Gasteiger partial charge in [0.15, 0.2) is 6.61 Å². The van der Waals surface area contributed by atoms with Crippen LogP contribution in [0.2, 0.25) is 15.1 Å². The van der Waals surface area contributed by atoms with Gasteiger partial charge in [-0.25, -0.2) is 0 Å². The van der Waals surface area contributed by atoms with Crippen molar-refractivity contribution >= 4 is 46.6 Å². The number of ether oxygens (including phenoxy) is 1. The molecule has 1 atom stereocenters. The third kappa shape index (κ3) is 7.29. The maximum absolute atomic E-state index is 13.2. The lowest BCUT2D eigenvalue weighted by molar-refractivity contribution is -0.143. The lowest BCUT2D eigenvalue weighted by atomic mass is 10.1. The molecule has 0 saturated heterocycles. The van der Waals surface area contributed by atoms with E-state index in [1.807, 2.05) is 13.8 Å². The Morgan fingerprint density at radius 1 is 1.06 bits per heavy atom. The van der Waals surface area contributed by atoms with Crippen molar-refractivity contribution in [3.63, 3.8) is 0 Å². The van der Waals surface area contributed by atoms with Crippen molar-refractivity contribution in [1.82, 2.24) is 10.2 Å². The van der Waals surface area contributed by atoms with E-state index in [1.54, 1.807) is 36.4 Å². The number of carbonyl (C=O) groups excluding carboxylic acids is 2. The van der Waals surface area contributed by atoms with Crippen LogP contribution in [0.4, 0.5) is 0 Å². The fraction of sp³-hybridized carbons (Fsp3) is 0.417. The highest BCUT2D eigenvalue weighted by Crippen LogP contribution is 2.27. The highest BCUT2D eigenvalue weighted by Gasteiger charge is 2.30. The largest absolute Gasteiger partial charge is 0.484 e. The molecule has 0 fully saturated rings. The molecule has 2 aromatic carbocycles. The molecule has 0 bridgehead atoms. The molecule has 2 rings (SSSR count). The van der Waals surface area contributed by atoms with Crippen LogP contribution in [0.5, 0.6) is 5.75 Å². The van der Waals surface area contributed by atoms with Gasteiger partial charge in [-0.2, -0.15) is 0 Å². The van der Waals surface area contributed by atoms with Gasteiger partial charge in [0.1, 0.15) is 11.8 Å². The summed E-state index contributed by atoms with van der Waals surface area (Å²) in [5, 5.41) is 4.41. The number of unbranched alkanes of at least 4 members (excludes halogenated alkanes) is 1. The van der Waals surface area contributed by atoms with Gasteiger partial charge in [0.2, 0.25) is 5.91 Å². The third-order valence-corrected chi connectivity index (χ3v) is 6.23. The van der Waals surface area contributed by atoms with Crippen LogP contribution in [0.25, 0.3) is 0 Å². The first-order valence-electron chi connectivity index (χ1n) is 10.7. The molecule has 0 aliphatic heterocycles. The van der Waals surface area contributed by atoms with E-state index in [-0.39, 0.29) is 25.0 Å². The summed E-state index contributed by atoms with van der Waals surface area (Å²) >= 11 is 18.8. The number of aryl methyl sites for hydroxylation is 1. The van der Waals surface area contributed by atoms with Gasteiger partial charge in [-0.05, 0) is 55.7 Å². The highest BCUT2D eigenvalue weighted by molar-refractivity contribution is 6.36. The molecule has 0 aliphatic rings. The van der Waals surface area contributed by atoms with Gasteiger partial charge in [0.05, 0.1) is 0 Å². The second-order valence-electron chi connectivity index (χ2n) is 7.49. The molecular weight excluding hydrogens is 471 g/mol. The summed E-state index contributed by atoms with van der Waals surface area (Å²) < 4.78 is 5.71. The van der Waals surface area contributed by atoms with Gasteiger partial charge in [-0.3, -0.25) is 9.59 Å². The molecule has 5 nitrogen and oxygen atoms in total. The first-order chi connectivity index (χ1) is 15.3. The molecule has 174 valence electrons. The van der Waals surface area contributed by atoms with Crippen molar-refractivity contribution < 1.29 is 14.3 Å². The van der Waals surface area contributed by atoms with Crippen molar-refractivity contribution in [3.05, 3.63) is 62.6 Å². The van der Waals surface area contributed by atoms with E-state index in [4.69, 9.17) is 39.5 Å². The van der Waals surface area contributed by atoms with Gasteiger partial charge in [-0.15, -0.1) is 0 Å². The van der Waals surface area contributed by atoms with E-state index in [1.165, 1.54) is 4.90 Å². The summed E-state index contributed by atoms with van der Waals surface area (Å²) in [5.41, 5.74) is 1.43. The maximum Gasteiger partial charge on any atom is 0.261 e. The van der Waals surface area contributed by atoms with Gasteiger partial charge in [0, 0.05) is 33.7 Å². The summed E-state index contributed by atoms with van der Waals surface area (Å²) in [6.07, 6.45) is 2.26. The fourth-order valence-corrected chi connectivity index (χ4v) is 3.85. The Labute approximate surface area is 205 Å². The molecule has 0 heterocycles. The number of hydrogen-bond donors (Lipinski definition) is 1. The molecule has 0 spiro atoms. The predicted molar refractivity (Wildman–Crippen MR) is 131 cm³/mol. The Morgan fingerprint density at radius 2 is 1.75 bits per heavy atom. The predicted octanol–water partition coefficient (Wildman–Crippen LogP) is 6.06. The van der Waals surface area contributed by atoms with Gasteiger partial charge in [-0.1, -0.05) is 61.1 Å². The quantitative estimate of drug-likeness (QED) is 0.382. The number of rotatable bonds is 11. The molecule has 1 N–H and O–H groups in total. The Bertz CT molecular complexity index is 916. The zero-order valence-electron chi connectivity index (χ0n) is 18.6. The normalized spacial score (nSPS) is 11.7. The number of nitrogens with one attached hydrogen (secondary N) is 1. The van der Waals surface area contributed by atoms with Crippen LogP contribution in [-0.2, 0) is 16.1 Å². The average Bonchev–Trinajstić information content (AvgIpc) is 2.76. The Kier molecular flexibility index (Phi) is 10.6. The zero-order valence-corrected chi connectivity index (χ0v) is 20.9. The average molecular weight is 500 g/mol. The van der Waals surface area contributed by atoms with E-state index in [0.29, 0.717) is 39.3 Å². The van der Waals surface area contributed by atoms with E-state index in [2.05, 4.69) is 12.2 Å². The SMILES string of the molecule is CCCCNC(=O)C(CC)N(Cc1c(Cl)cccc1Cl)C(=O)COc1ccc(Cl)c(C)c1. The first-order valence-corrected chi connectivity index (χ1v) is 11.8. The third-order valence-electron chi connectivity index (χ3n) is 5.10. The zero-order chi connectivity index (χ0) is 23.7. The Balaban J connectivity index is 2.25. The lowest BCUT2D eigenvalue weighted by Gasteiger charge is -2.31. The highest BCUT2D eigenvalue weighted by atomic mass is 35.5. The van der Waals surface area contributed by atoms with Crippen LogP contribution in [0, 0.1) is 6.92 Å². The number of nitrogens with zero attached hydrogens (tertiary/aromatic N) is 1. The number of carbonyl (C=O) groups is 2. The lowest BCUT2D eigenvalue weighted by Crippen LogP contribution is -2.50. The van der Waals surface area contributed by atoms with Crippen LogP contribution >= 0.6 is 34.8 Å². The number of benzene rings is 2. The van der Waals surface area contributed by atoms with E-state index >= 15 is 0 Å². The second kappa shape index (κ2) is 12.9. The van der Waals surface area contributed by atoms with E-state index in [9.17, 15) is 9.59 Å². The second-order valence-corrected chi connectivity index (χ2v) is 8.71. The molecule has 32 heavy (non-hydrogen) atoms. The maximum atomic E-state index is 13.2. The van der Waals surface area contributed by atoms with Crippen LogP contribution < -0.4 is 10.1 Å². The van der Waals surface area contributed by atoms with Gasteiger partial charge < -0.3 is 15.0 Å². The number of hydrogen-bond acceptors (Lipinski definition) is 3. The molecule has 0 aliphatic carbocycles. The molecule has 2 aromatic rings. The molecule has 1 unspecified atom stereocenters. The van der Waals surface area contributed by atoms with Crippen LogP contribution in [0.1, 0.15) is 44.2 Å². The standard InChI is InChI=1S/C24H29Cl3N2O3/c1-4-6-12-28-24(31)22(5-2)29(14-18-20(26)8-7-9-21(18)27)23(30)15-32-17-10-11-19(25)16(3)13-17/h7-11,13,22H,4-6,12,14-15H2,1-3H3,(H,28,31). The summed E-state index contributed by atoms with van der Waals surface area (Å²) in [6.45, 7) is 6.19. The van der Waals surface area contributed by atoms with Crippen LogP contribution in [-0.4, -0.2) is 35.9 Å². The molecule has 0 radical (unpaired) electrons. The fourth-order valence-electron chi connectivity index (χ4n) is 3.21. The Hall–Kier alpha value is -1.95. The van der Waals surface area contributed by atoms with Crippen molar-refractivity contribution in [3.8, 4) is 5.75 Å². The summed E-state index contributed by atoms with van der Waals surface area (Å²) in [5.74, 6) is -0.0256. The summed E-state index contributed by atoms with van der Waals surface area (Å²) in [7, 11) is 0. The van der Waals surface area contributed by atoms with E-state index < -0.39 is 6.04 Å². The molecule has 8 heteroatoms. The van der Waals surface area contributed by atoms with E-state index in [0.717, 1.165) is 18.4 Å². The number of halogens is 3. The molecular formula is C24H29Cl3N2O3. The summed E-state index contributed by atoms with van der Waals surface area (Å²) in [6, 6.07) is 9.66. The monoisotopic (exact) mass is 498 g/mol. The minimum Gasteiger partial charge on any atom is -0.484 e. The topological polar surface area (TPSA) is 58.6 Å².